The van der Waals surface area contributed by atoms with Crippen LogP contribution in [0.2, 0.25) is 0 Å². The Morgan fingerprint density at radius 1 is 1.00 bits per heavy atom. The van der Waals surface area contributed by atoms with E-state index >= 15 is 0 Å². The zero-order chi connectivity index (χ0) is 23.4. The van der Waals surface area contributed by atoms with E-state index in [1.165, 1.54) is 14.2 Å². The van der Waals surface area contributed by atoms with Crippen molar-refractivity contribution in [2.45, 2.75) is 20.0 Å². The van der Waals surface area contributed by atoms with Crippen LogP contribution in [0, 0.1) is 0 Å². The van der Waals surface area contributed by atoms with E-state index in [9.17, 15) is 9.59 Å². The molecule has 1 saturated heterocycles. The minimum Gasteiger partial charge on any atom is -0.491 e. The lowest BCUT2D eigenvalue weighted by atomic mass is 10.1. The number of hydrogen-bond donors (Lipinski definition) is 0. The molecule has 2 aliphatic heterocycles. The van der Waals surface area contributed by atoms with Crippen molar-refractivity contribution >= 4 is 11.8 Å². The van der Waals surface area contributed by atoms with Crippen LogP contribution in [-0.2, 0) is 17.9 Å². The molecule has 0 radical (unpaired) electrons. The summed E-state index contributed by atoms with van der Waals surface area (Å²) >= 11 is 0. The first-order valence-corrected chi connectivity index (χ1v) is 11.1. The van der Waals surface area contributed by atoms with Gasteiger partial charge in [-0.15, -0.1) is 0 Å². The molecule has 33 heavy (non-hydrogen) atoms. The summed E-state index contributed by atoms with van der Waals surface area (Å²) in [5, 5.41) is 0. The Balaban J connectivity index is 1.48. The maximum absolute atomic E-state index is 13.3. The number of fused-ring (bicyclic) bond motifs is 1. The molecule has 2 aliphatic rings. The van der Waals surface area contributed by atoms with Crippen molar-refractivity contribution in [2.24, 2.45) is 0 Å². The van der Waals surface area contributed by atoms with Gasteiger partial charge in [-0.1, -0.05) is 6.07 Å². The fourth-order valence-corrected chi connectivity index (χ4v) is 4.22. The largest absolute Gasteiger partial charge is 0.491 e. The number of carbonyl (C=O) groups is 2. The Morgan fingerprint density at radius 3 is 2.48 bits per heavy atom. The molecule has 0 saturated carbocycles. The highest BCUT2D eigenvalue weighted by atomic mass is 16.5. The molecule has 1 fully saturated rings. The van der Waals surface area contributed by atoms with E-state index in [4.69, 9.17) is 14.2 Å². The van der Waals surface area contributed by atoms with Crippen LogP contribution in [0.25, 0.3) is 0 Å². The van der Waals surface area contributed by atoms with Crippen LogP contribution in [0.1, 0.15) is 28.4 Å². The third kappa shape index (κ3) is 5.19. The number of methoxy groups -OCH3 is 2. The first kappa shape index (κ1) is 22.8. The highest BCUT2D eigenvalue weighted by molar-refractivity contribution is 5.96. The molecule has 0 aliphatic carbocycles. The van der Waals surface area contributed by atoms with E-state index in [1.54, 1.807) is 24.0 Å². The van der Waals surface area contributed by atoms with E-state index in [-0.39, 0.29) is 17.7 Å². The summed E-state index contributed by atoms with van der Waals surface area (Å²) < 4.78 is 16.4. The topological polar surface area (TPSA) is 84.4 Å². The number of rotatable bonds is 5. The number of pyridine rings is 1. The fourth-order valence-electron chi connectivity index (χ4n) is 4.22. The monoisotopic (exact) mass is 454 g/mol. The molecule has 2 aromatic rings. The van der Waals surface area contributed by atoms with Crippen molar-refractivity contribution in [1.82, 2.24) is 19.7 Å². The van der Waals surface area contributed by atoms with Crippen LogP contribution in [0.3, 0.4) is 0 Å². The van der Waals surface area contributed by atoms with E-state index in [0.29, 0.717) is 31.1 Å². The van der Waals surface area contributed by atoms with Gasteiger partial charge in [0.05, 0.1) is 20.8 Å². The summed E-state index contributed by atoms with van der Waals surface area (Å²) in [6.07, 6.45) is 0. The van der Waals surface area contributed by atoms with Gasteiger partial charge < -0.3 is 24.0 Å². The number of carbonyl (C=O) groups excluding carboxylic acids is 2. The summed E-state index contributed by atoms with van der Waals surface area (Å²) in [5.41, 5.74) is 2.52. The van der Waals surface area contributed by atoms with Crippen molar-refractivity contribution in [3.05, 3.63) is 47.0 Å². The smallest absolute Gasteiger partial charge is 0.259 e. The summed E-state index contributed by atoms with van der Waals surface area (Å²) in [6, 6.07) is 9.50. The van der Waals surface area contributed by atoms with Gasteiger partial charge in [-0.2, -0.15) is 4.98 Å². The number of benzene rings is 1. The number of aromatic nitrogens is 1. The third-order valence-corrected chi connectivity index (χ3v) is 6.08. The van der Waals surface area contributed by atoms with Gasteiger partial charge in [0.25, 0.3) is 5.91 Å². The van der Waals surface area contributed by atoms with Crippen molar-refractivity contribution in [2.75, 3.05) is 53.6 Å². The van der Waals surface area contributed by atoms with Gasteiger partial charge in [0, 0.05) is 57.8 Å². The molecule has 0 atom stereocenters. The lowest BCUT2D eigenvalue weighted by Crippen LogP contribution is -2.47. The van der Waals surface area contributed by atoms with E-state index in [1.807, 2.05) is 11.0 Å². The van der Waals surface area contributed by atoms with Crippen LogP contribution in [0.15, 0.2) is 30.3 Å². The van der Waals surface area contributed by atoms with E-state index in [0.717, 1.165) is 49.6 Å². The highest BCUT2D eigenvalue weighted by Gasteiger charge is 2.25. The summed E-state index contributed by atoms with van der Waals surface area (Å²) in [5.74, 6) is 1.40. The fraction of sp³-hybridized carbons (Fsp3) is 0.458. The van der Waals surface area contributed by atoms with Gasteiger partial charge in [-0.3, -0.25) is 14.5 Å². The third-order valence-electron chi connectivity index (χ3n) is 6.08. The Hall–Kier alpha value is -3.33. The molecule has 1 aromatic carbocycles. The lowest BCUT2D eigenvalue weighted by Gasteiger charge is -2.34. The molecule has 0 N–H and O–H groups in total. The maximum Gasteiger partial charge on any atom is 0.259 e. The van der Waals surface area contributed by atoms with Crippen molar-refractivity contribution in [3.63, 3.8) is 0 Å². The normalized spacial score (nSPS) is 16.5. The molecule has 2 amide bonds. The summed E-state index contributed by atoms with van der Waals surface area (Å²) in [4.78, 5) is 35.1. The van der Waals surface area contributed by atoms with Crippen LogP contribution in [0.5, 0.6) is 17.5 Å². The van der Waals surface area contributed by atoms with Gasteiger partial charge in [-0.25, -0.2) is 0 Å². The Morgan fingerprint density at radius 2 is 1.79 bits per heavy atom. The van der Waals surface area contributed by atoms with Crippen molar-refractivity contribution < 1.29 is 23.8 Å². The van der Waals surface area contributed by atoms with Crippen LogP contribution >= 0.6 is 0 Å². The maximum atomic E-state index is 13.3. The van der Waals surface area contributed by atoms with Crippen molar-refractivity contribution in [1.29, 1.82) is 0 Å². The number of hydrogen-bond acceptors (Lipinski definition) is 7. The Kier molecular flexibility index (Phi) is 6.98. The van der Waals surface area contributed by atoms with Crippen molar-refractivity contribution in [3.8, 4) is 17.5 Å². The Bertz CT molecular complexity index is 1020. The highest BCUT2D eigenvalue weighted by Crippen LogP contribution is 2.28. The van der Waals surface area contributed by atoms with E-state index < -0.39 is 0 Å². The van der Waals surface area contributed by atoms with Gasteiger partial charge in [-0.05, 0) is 23.8 Å². The molecule has 1 aromatic heterocycles. The average Bonchev–Trinajstić information content (AvgIpc) is 3.05. The molecular weight excluding hydrogens is 424 g/mol. The van der Waals surface area contributed by atoms with Gasteiger partial charge in [0.15, 0.2) is 0 Å². The van der Waals surface area contributed by atoms with Gasteiger partial charge in [0.2, 0.25) is 17.7 Å². The molecule has 4 rings (SSSR count). The predicted molar refractivity (Wildman–Crippen MR) is 122 cm³/mol. The molecule has 9 heteroatoms. The molecule has 0 bridgehead atoms. The average molecular weight is 455 g/mol. The molecular formula is C24H30N4O5. The zero-order valence-electron chi connectivity index (χ0n) is 19.4. The molecule has 9 nitrogen and oxygen atoms in total. The van der Waals surface area contributed by atoms with Crippen LogP contribution in [0.4, 0.5) is 0 Å². The molecule has 0 unspecified atom stereocenters. The van der Waals surface area contributed by atoms with Gasteiger partial charge >= 0.3 is 0 Å². The minimum atomic E-state index is -0.163. The number of ether oxygens (including phenoxy) is 3. The zero-order valence-corrected chi connectivity index (χ0v) is 19.4. The second-order valence-corrected chi connectivity index (χ2v) is 8.21. The number of nitrogens with zero attached hydrogens (tertiary/aromatic N) is 4. The predicted octanol–water partition coefficient (Wildman–Crippen LogP) is 1.80. The molecule has 0 spiro atoms. The number of amides is 2. The summed E-state index contributed by atoms with van der Waals surface area (Å²) in [6.45, 7) is 6.93. The quantitative estimate of drug-likeness (QED) is 0.681. The summed E-state index contributed by atoms with van der Waals surface area (Å²) in [7, 11) is 3.01. The number of piperazine rings is 1. The second-order valence-electron chi connectivity index (χ2n) is 8.21. The SMILES string of the molecule is COc1ccc(C(=O)N2CCOc3ccc(CN4CCN(C(C)=O)CC4)cc3C2)c(OC)n1. The molecule has 3 heterocycles. The lowest BCUT2D eigenvalue weighted by molar-refractivity contribution is -0.130. The molecule has 176 valence electrons. The Labute approximate surface area is 193 Å². The first-order valence-electron chi connectivity index (χ1n) is 11.1. The minimum absolute atomic E-state index is 0.130. The first-order chi connectivity index (χ1) is 16.0. The van der Waals surface area contributed by atoms with Gasteiger partial charge in [0.1, 0.15) is 17.9 Å². The van der Waals surface area contributed by atoms with Crippen LogP contribution < -0.4 is 14.2 Å². The second kappa shape index (κ2) is 10.1. The van der Waals surface area contributed by atoms with E-state index in [2.05, 4.69) is 22.0 Å². The standard InChI is InChI=1S/C24H30N4O5/c1-17(29)27-10-8-26(9-11-27)15-18-4-6-21-19(14-18)16-28(12-13-33-21)24(30)20-5-7-22(31-2)25-23(20)32-3/h4-7,14H,8-13,15-16H2,1-3H3. The van der Waals surface area contributed by atoms with Crippen LogP contribution in [-0.4, -0.2) is 85.0 Å².